The Balaban J connectivity index is 3.86. The summed E-state index contributed by atoms with van der Waals surface area (Å²) >= 11 is 3.43. The van der Waals surface area contributed by atoms with Crippen molar-refractivity contribution in [3.8, 4) is 0 Å². The molecule has 0 aromatic heterocycles. The summed E-state index contributed by atoms with van der Waals surface area (Å²) in [5, 5.41) is 0. The van der Waals surface area contributed by atoms with Crippen LogP contribution in [0.2, 0.25) is 0 Å². The van der Waals surface area contributed by atoms with E-state index in [-0.39, 0.29) is 11.2 Å². The van der Waals surface area contributed by atoms with Crippen LogP contribution < -0.4 is 4.72 Å². The first-order chi connectivity index (χ1) is 6.62. The van der Waals surface area contributed by atoms with Crippen molar-refractivity contribution in [2.75, 3.05) is 12.3 Å². The number of halogens is 1. The zero-order valence-corrected chi connectivity index (χ0v) is 12.4. The second kappa shape index (κ2) is 6.21. The van der Waals surface area contributed by atoms with Crippen molar-refractivity contribution in [1.29, 1.82) is 0 Å². The van der Waals surface area contributed by atoms with Crippen LogP contribution in [0.5, 0.6) is 0 Å². The molecule has 0 aliphatic carbocycles. The van der Waals surface area contributed by atoms with Crippen molar-refractivity contribution >= 4 is 26.0 Å². The third kappa shape index (κ3) is 10.7. The molecule has 0 saturated heterocycles. The number of hydrogen-bond acceptors (Lipinski definition) is 2. The molecule has 92 valence electrons. The van der Waals surface area contributed by atoms with Crippen molar-refractivity contribution in [2.45, 2.75) is 45.4 Å². The standard InChI is InChI=1S/C10H22BrNO2S/c1-9(11)6-5-7-12-15(13,14)8-10(2,3)4/h9,12H,5-8H2,1-4H3. The zero-order chi connectivity index (χ0) is 12.1. The van der Waals surface area contributed by atoms with E-state index in [9.17, 15) is 8.42 Å². The Morgan fingerprint density at radius 2 is 1.87 bits per heavy atom. The average molecular weight is 300 g/mol. The summed E-state index contributed by atoms with van der Waals surface area (Å²) in [5.41, 5.74) is -0.186. The van der Waals surface area contributed by atoms with Gasteiger partial charge >= 0.3 is 0 Å². The lowest BCUT2D eigenvalue weighted by molar-refractivity contribution is 0.457. The van der Waals surface area contributed by atoms with E-state index in [1.165, 1.54) is 0 Å². The zero-order valence-electron chi connectivity index (χ0n) is 10.0. The summed E-state index contributed by atoms with van der Waals surface area (Å²) in [5.74, 6) is 0.184. The average Bonchev–Trinajstić information content (AvgIpc) is 1.93. The molecule has 0 fully saturated rings. The third-order valence-corrected chi connectivity index (χ3v) is 4.07. The predicted octanol–water partition coefficient (Wildman–Crippen LogP) is 2.52. The maximum absolute atomic E-state index is 11.6. The van der Waals surface area contributed by atoms with Gasteiger partial charge in [-0.2, -0.15) is 0 Å². The van der Waals surface area contributed by atoms with Crippen LogP contribution in [-0.4, -0.2) is 25.5 Å². The van der Waals surface area contributed by atoms with Crippen LogP contribution in [0.25, 0.3) is 0 Å². The second-order valence-corrected chi connectivity index (χ2v) is 8.51. The lowest BCUT2D eigenvalue weighted by Gasteiger charge is -2.18. The van der Waals surface area contributed by atoms with Gasteiger partial charge in [0.15, 0.2) is 0 Å². The third-order valence-electron chi connectivity index (χ3n) is 1.72. The summed E-state index contributed by atoms with van der Waals surface area (Å²) in [6.45, 7) is 8.37. The summed E-state index contributed by atoms with van der Waals surface area (Å²) in [7, 11) is -3.10. The van der Waals surface area contributed by atoms with Gasteiger partial charge in [0.2, 0.25) is 10.0 Å². The van der Waals surface area contributed by atoms with Gasteiger partial charge in [-0.05, 0) is 18.3 Å². The highest BCUT2D eigenvalue weighted by Gasteiger charge is 2.20. The molecule has 0 radical (unpaired) electrons. The molecule has 1 atom stereocenters. The van der Waals surface area contributed by atoms with E-state index in [1.807, 2.05) is 20.8 Å². The Hall–Kier alpha value is 0.390. The molecule has 0 aromatic carbocycles. The first kappa shape index (κ1) is 15.4. The quantitative estimate of drug-likeness (QED) is 0.605. The Bertz CT molecular complexity index is 268. The van der Waals surface area contributed by atoms with Gasteiger partial charge in [0, 0.05) is 11.4 Å². The number of nitrogens with one attached hydrogen (secondary N) is 1. The maximum atomic E-state index is 11.6. The fraction of sp³-hybridized carbons (Fsp3) is 1.00. The number of hydrogen-bond donors (Lipinski definition) is 1. The molecule has 0 spiro atoms. The maximum Gasteiger partial charge on any atom is 0.212 e. The number of sulfonamides is 1. The molecule has 5 heteroatoms. The van der Waals surface area contributed by atoms with Crippen LogP contribution >= 0.6 is 15.9 Å². The Kier molecular flexibility index (Phi) is 6.37. The lowest BCUT2D eigenvalue weighted by Crippen LogP contribution is -2.33. The molecule has 0 aliphatic rings. The van der Waals surface area contributed by atoms with Gasteiger partial charge < -0.3 is 0 Å². The molecule has 0 saturated carbocycles. The fourth-order valence-corrected chi connectivity index (χ4v) is 3.25. The molecule has 0 heterocycles. The van der Waals surface area contributed by atoms with Crippen LogP contribution in [0.1, 0.15) is 40.5 Å². The molecule has 1 N–H and O–H groups in total. The monoisotopic (exact) mass is 299 g/mol. The summed E-state index contributed by atoms with van der Waals surface area (Å²) in [4.78, 5) is 0.449. The van der Waals surface area contributed by atoms with Crippen LogP contribution in [0.3, 0.4) is 0 Å². The minimum atomic E-state index is -3.10. The van der Waals surface area contributed by atoms with Gasteiger partial charge in [0.05, 0.1) is 5.75 Å². The van der Waals surface area contributed by atoms with E-state index in [2.05, 4.69) is 27.6 Å². The molecular formula is C10H22BrNO2S. The predicted molar refractivity (Wildman–Crippen MR) is 68.9 cm³/mol. The van der Waals surface area contributed by atoms with Gasteiger partial charge in [-0.3, -0.25) is 0 Å². The molecule has 0 amide bonds. The Morgan fingerprint density at radius 1 is 1.33 bits per heavy atom. The van der Waals surface area contributed by atoms with Crippen LogP contribution in [0.15, 0.2) is 0 Å². The molecule has 3 nitrogen and oxygen atoms in total. The van der Waals surface area contributed by atoms with Gasteiger partial charge in [-0.1, -0.05) is 43.6 Å². The van der Waals surface area contributed by atoms with Gasteiger partial charge in [-0.25, -0.2) is 13.1 Å². The molecule has 0 bridgehead atoms. The summed E-state index contributed by atoms with van der Waals surface area (Å²) in [6.07, 6.45) is 1.85. The highest BCUT2D eigenvalue weighted by molar-refractivity contribution is 9.09. The minimum absolute atomic E-state index is 0.184. The van der Waals surface area contributed by atoms with E-state index in [0.29, 0.717) is 11.4 Å². The lowest BCUT2D eigenvalue weighted by atomic mass is 10.0. The summed E-state index contributed by atoms with van der Waals surface area (Å²) < 4.78 is 25.8. The highest BCUT2D eigenvalue weighted by Crippen LogP contribution is 2.15. The van der Waals surface area contributed by atoms with Crippen LogP contribution in [0, 0.1) is 5.41 Å². The molecule has 0 aliphatic heterocycles. The fourth-order valence-electron chi connectivity index (χ4n) is 1.23. The van der Waals surface area contributed by atoms with E-state index >= 15 is 0 Å². The number of rotatable bonds is 6. The van der Waals surface area contributed by atoms with Crippen molar-refractivity contribution < 1.29 is 8.42 Å². The topological polar surface area (TPSA) is 46.2 Å². The van der Waals surface area contributed by atoms with E-state index in [4.69, 9.17) is 0 Å². The SMILES string of the molecule is CC(Br)CCCNS(=O)(=O)CC(C)(C)C. The van der Waals surface area contributed by atoms with Crippen molar-refractivity contribution in [2.24, 2.45) is 5.41 Å². The normalized spacial score (nSPS) is 15.3. The van der Waals surface area contributed by atoms with Crippen molar-refractivity contribution in [1.82, 2.24) is 4.72 Å². The van der Waals surface area contributed by atoms with E-state index < -0.39 is 10.0 Å². The van der Waals surface area contributed by atoms with E-state index in [1.54, 1.807) is 0 Å². The second-order valence-electron chi connectivity index (χ2n) is 5.14. The molecule has 1 unspecified atom stereocenters. The Morgan fingerprint density at radius 3 is 2.27 bits per heavy atom. The Labute approximate surface area is 102 Å². The van der Waals surface area contributed by atoms with Gasteiger partial charge in [0.25, 0.3) is 0 Å². The van der Waals surface area contributed by atoms with E-state index in [0.717, 1.165) is 12.8 Å². The molecule has 0 aromatic rings. The minimum Gasteiger partial charge on any atom is -0.215 e. The summed E-state index contributed by atoms with van der Waals surface area (Å²) in [6, 6.07) is 0. The van der Waals surface area contributed by atoms with Gasteiger partial charge in [0.1, 0.15) is 0 Å². The van der Waals surface area contributed by atoms with Gasteiger partial charge in [-0.15, -0.1) is 0 Å². The largest absolute Gasteiger partial charge is 0.215 e. The number of alkyl halides is 1. The van der Waals surface area contributed by atoms with Crippen LogP contribution in [0.4, 0.5) is 0 Å². The van der Waals surface area contributed by atoms with Crippen molar-refractivity contribution in [3.63, 3.8) is 0 Å². The first-order valence-electron chi connectivity index (χ1n) is 5.24. The first-order valence-corrected chi connectivity index (χ1v) is 7.80. The van der Waals surface area contributed by atoms with Crippen LogP contribution in [-0.2, 0) is 10.0 Å². The molecule has 0 rings (SSSR count). The molecular weight excluding hydrogens is 278 g/mol. The van der Waals surface area contributed by atoms with Crippen molar-refractivity contribution in [3.05, 3.63) is 0 Å². The smallest absolute Gasteiger partial charge is 0.212 e. The molecule has 15 heavy (non-hydrogen) atoms. The highest BCUT2D eigenvalue weighted by atomic mass is 79.9.